The van der Waals surface area contributed by atoms with E-state index >= 15 is 0 Å². The van der Waals surface area contributed by atoms with Crippen LogP contribution in [0.15, 0.2) is 59.8 Å². The van der Waals surface area contributed by atoms with Crippen molar-refractivity contribution in [3.8, 4) is 0 Å². The van der Waals surface area contributed by atoms with Crippen molar-refractivity contribution in [1.29, 1.82) is 0 Å². The van der Waals surface area contributed by atoms with Gasteiger partial charge in [0.05, 0.1) is 25.2 Å². The van der Waals surface area contributed by atoms with Crippen molar-refractivity contribution in [2.24, 2.45) is 5.92 Å². The van der Waals surface area contributed by atoms with Gasteiger partial charge in [0, 0.05) is 29.6 Å². The van der Waals surface area contributed by atoms with Gasteiger partial charge >= 0.3 is 0 Å². The number of fused-ring (bicyclic) bond motifs is 1. The maximum Gasteiger partial charge on any atom is 0.274 e. The lowest BCUT2D eigenvalue weighted by atomic mass is 9.95. The maximum atomic E-state index is 13.2. The zero-order chi connectivity index (χ0) is 24.4. The van der Waals surface area contributed by atoms with Crippen LogP contribution in [0.4, 0.5) is 10.1 Å². The van der Waals surface area contributed by atoms with Gasteiger partial charge in [0.1, 0.15) is 11.9 Å². The van der Waals surface area contributed by atoms with E-state index in [4.69, 9.17) is 4.74 Å². The van der Waals surface area contributed by atoms with Crippen LogP contribution in [0.1, 0.15) is 40.7 Å². The molecule has 2 aliphatic rings. The number of halogens is 1. The molecule has 35 heavy (non-hydrogen) atoms. The first-order chi connectivity index (χ1) is 17.0. The van der Waals surface area contributed by atoms with Gasteiger partial charge < -0.3 is 19.5 Å². The maximum absolute atomic E-state index is 13.2. The number of likely N-dealkylation sites (tertiary alicyclic amines) is 1. The lowest BCUT2D eigenvalue weighted by Crippen LogP contribution is -2.42. The van der Waals surface area contributed by atoms with Crippen molar-refractivity contribution in [3.63, 3.8) is 0 Å². The number of ether oxygens (including phenoxy) is 1. The predicted octanol–water partition coefficient (Wildman–Crippen LogP) is 4.51. The van der Waals surface area contributed by atoms with Crippen LogP contribution in [0.25, 0.3) is 0 Å². The summed E-state index contributed by atoms with van der Waals surface area (Å²) >= 11 is 1.63. The van der Waals surface area contributed by atoms with Crippen LogP contribution in [0, 0.1) is 11.7 Å². The minimum Gasteiger partial charge on any atom is -0.365 e. The van der Waals surface area contributed by atoms with Crippen LogP contribution in [0.3, 0.4) is 0 Å². The summed E-state index contributed by atoms with van der Waals surface area (Å²) in [6, 6.07) is 14.1. The van der Waals surface area contributed by atoms with Gasteiger partial charge in [-0.15, -0.1) is 11.8 Å². The van der Waals surface area contributed by atoms with Crippen LogP contribution >= 0.6 is 11.8 Å². The predicted molar refractivity (Wildman–Crippen MR) is 132 cm³/mol. The minimum atomic E-state index is -0.285. The topological polar surface area (TPSA) is 76.5 Å². The van der Waals surface area contributed by atoms with E-state index in [9.17, 15) is 14.0 Å². The van der Waals surface area contributed by atoms with Gasteiger partial charge in [-0.2, -0.15) is 0 Å². The molecule has 2 aliphatic heterocycles. The number of imidazole rings is 1. The number of hydrogen-bond acceptors (Lipinski definition) is 5. The number of anilines is 1. The molecule has 9 heteroatoms. The van der Waals surface area contributed by atoms with Crippen LogP contribution in [-0.2, 0) is 22.7 Å². The van der Waals surface area contributed by atoms with Gasteiger partial charge in [0.2, 0.25) is 5.91 Å². The van der Waals surface area contributed by atoms with Crippen molar-refractivity contribution in [1.82, 2.24) is 14.5 Å². The third-order valence-corrected chi connectivity index (χ3v) is 7.39. The fourth-order valence-corrected chi connectivity index (χ4v) is 5.08. The summed E-state index contributed by atoms with van der Waals surface area (Å²) in [7, 11) is 0. The quantitative estimate of drug-likeness (QED) is 0.529. The first-order valence-electron chi connectivity index (χ1n) is 11.7. The molecule has 1 atom stereocenters. The van der Waals surface area contributed by atoms with Gasteiger partial charge in [0.15, 0.2) is 5.69 Å². The average Bonchev–Trinajstić information content (AvgIpc) is 3.32. The van der Waals surface area contributed by atoms with E-state index in [2.05, 4.69) is 10.3 Å². The Bertz CT molecular complexity index is 1220. The van der Waals surface area contributed by atoms with E-state index in [1.165, 1.54) is 12.1 Å². The Labute approximate surface area is 207 Å². The third kappa shape index (κ3) is 5.11. The highest BCUT2D eigenvalue weighted by molar-refractivity contribution is 7.98. The lowest BCUT2D eigenvalue weighted by Gasteiger charge is -2.31. The number of nitrogens with one attached hydrogen (secondary N) is 1. The zero-order valence-corrected chi connectivity index (χ0v) is 20.3. The van der Waals surface area contributed by atoms with E-state index in [1.54, 1.807) is 35.1 Å². The minimum absolute atomic E-state index is 0.00467. The largest absolute Gasteiger partial charge is 0.365 e. The molecule has 2 amide bonds. The summed E-state index contributed by atoms with van der Waals surface area (Å²) in [5, 5.41) is 3.01. The Morgan fingerprint density at radius 1 is 1.14 bits per heavy atom. The Balaban J connectivity index is 1.18. The first kappa shape index (κ1) is 23.6. The molecule has 0 radical (unpaired) electrons. The molecule has 3 aromatic rings. The fourth-order valence-electron chi connectivity index (χ4n) is 4.62. The molecule has 1 N–H and O–H groups in total. The molecule has 3 heterocycles. The van der Waals surface area contributed by atoms with E-state index < -0.39 is 0 Å². The molecule has 7 nitrogen and oxygen atoms in total. The van der Waals surface area contributed by atoms with E-state index in [0.29, 0.717) is 38.2 Å². The number of benzene rings is 2. The van der Waals surface area contributed by atoms with Gasteiger partial charge in [-0.1, -0.05) is 18.2 Å². The Kier molecular flexibility index (Phi) is 6.88. The summed E-state index contributed by atoms with van der Waals surface area (Å²) in [4.78, 5) is 33.2. The molecule has 182 valence electrons. The summed E-state index contributed by atoms with van der Waals surface area (Å²) in [6.45, 7) is 1.79. The molecule has 0 aliphatic carbocycles. The molecule has 0 bridgehead atoms. The van der Waals surface area contributed by atoms with Crippen LogP contribution < -0.4 is 5.32 Å². The van der Waals surface area contributed by atoms with Gasteiger partial charge in [-0.05, 0) is 55.0 Å². The number of rotatable bonds is 5. The molecular formula is C26H27FN4O3S. The second-order valence-corrected chi connectivity index (χ2v) is 9.71. The lowest BCUT2D eigenvalue weighted by molar-refractivity contribution is -0.121. The monoisotopic (exact) mass is 494 g/mol. The molecule has 0 unspecified atom stereocenters. The second kappa shape index (κ2) is 10.2. The van der Waals surface area contributed by atoms with Gasteiger partial charge in [0.25, 0.3) is 5.91 Å². The van der Waals surface area contributed by atoms with Crippen LogP contribution in [0.5, 0.6) is 0 Å². The summed E-state index contributed by atoms with van der Waals surface area (Å²) < 4.78 is 21.2. The van der Waals surface area contributed by atoms with Crippen LogP contribution in [0.2, 0.25) is 0 Å². The molecule has 1 saturated heterocycles. The van der Waals surface area contributed by atoms with Crippen molar-refractivity contribution in [3.05, 3.63) is 77.6 Å². The van der Waals surface area contributed by atoms with Crippen molar-refractivity contribution in [2.75, 3.05) is 24.7 Å². The highest BCUT2D eigenvalue weighted by atomic mass is 32.2. The normalized spacial score (nSPS) is 18.2. The number of aromatic nitrogens is 2. The zero-order valence-electron chi connectivity index (χ0n) is 19.4. The molecule has 0 saturated carbocycles. The average molecular weight is 495 g/mol. The Hall–Kier alpha value is -3.17. The summed E-state index contributed by atoms with van der Waals surface area (Å²) in [5.74, 6) is -0.552. The van der Waals surface area contributed by atoms with Crippen molar-refractivity contribution >= 4 is 29.3 Å². The van der Waals surface area contributed by atoms with E-state index in [-0.39, 0.29) is 36.3 Å². The number of nitrogens with zero attached hydrogens (tertiary/aromatic N) is 3. The first-order valence-corrected chi connectivity index (χ1v) is 12.9. The molecule has 1 aromatic heterocycles. The van der Waals surface area contributed by atoms with Crippen molar-refractivity contribution < 1.29 is 18.7 Å². The second-order valence-electron chi connectivity index (χ2n) is 8.83. The van der Waals surface area contributed by atoms with Crippen LogP contribution in [-0.4, -0.2) is 45.6 Å². The summed E-state index contributed by atoms with van der Waals surface area (Å²) in [6.07, 6.45) is 4.68. The molecule has 5 rings (SSSR count). The molecule has 2 aromatic carbocycles. The number of carbonyl (C=O) groups is 2. The van der Waals surface area contributed by atoms with E-state index in [0.717, 1.165) is 21.8 Å². The summed E-state index contributed by atoms with van der Waals surface area (Å²) in [5.41, 5.74) is 2.84. The molecule has 0 spiro atoms. The number of carbonyl (C=O) groups excluding carboxylic acids is 2. The SMILES string of the molecule is CSc1cccc(NC(=O)C2CCN(C(=O)c3ncn4c3CO[C@@H](c3ccc(F)cc3)C4)CC2)c1. The fraction of sp³-hybridized carbons (Fsp3) is 0.346. The third-order valence-electron chi connectivity index (χ3n) is 6.66. The number of thioether (sulfide) groups is 1. The standard InChI is InChI=1S/C26H27FN4O3S/c1-35-21-4-2-3-20(13-21)29-25(32)18-9-11-30(12-10-18)26(33)24-22-15-34-23(14-31(22)16-28-24)17-5-7-19(27)8-6-17/h2-8,13,16,18,23H,9-12,14-15H2,1H3,(H,29,32)/t23-/m1/s1. The van der Waals surface area contributed by atoms with Crippen molar-refractivity contribution in [2.45, 2.75) is 37.0 Å². The molecule has 1 fully saturated rings. The smallest absolute Gasteiger partial charge is 0.274 e. The Morgan fingerprint density at radius 3 is 2.66 bits per heavy atom. The van der Waals surface area contributed by atoms with Gasteiger partial charge in [-0.3, -0.25) is 9.59 Å². The number of piperidine rings is 1. The highest BCUT2D eigenvalue weighted by Gasteiger charge is 2.32. The van der Waals surface area contributed by atoms with Gasteiger partial charge in [-0.25, -0.2) is 9.37 Å². The highest BCUT2D eigenvalue weighted by Crippen LogP contribution is 2.29. The number of hydrogen-bond donors (Lipinski definition) is 1. The Morgan fingerprint density at radius 2 is 1.91 bits per heavy atom. The number of amides is 2. The van der Waals surface area contributed by atoms with E-state index in [1.807, 2.05) is 35.1 Å². The molecular weight excluding hydrogens is 467 g/mol.